The summed E-state index contributed by atoms with van der Waals surface area (Å²) in [6.07, 6.45) is 2.20. The van der Waals surface area contributed by atoms with E-state index in [1.807, 2.05) is 42.7 Å². The van der Waals surface area contributed by atoms with E-state index in [4.69, 9.17) is 4.74 Å². The van der Waals surface area contributed by atoms with E-state index in [0.717, 1.165) is 17.7 Å². The third-order valence-corrected chi connectivity index (χ3v) is 2.28. The quantitative estimate of drug-likeness (QED) is 0.654. The van der Waals surface area contributed by atoms with Crippen LogP contribution in [0.3, 0.4) is 0 Å². The van der Waals surface area contributed by atoms with Crippen molar-refractivity contribution < 1.29 is 15.2 Å². The number of hydrogen-bond acceptors (Lipinski definition) is 2. The van der Waals surface area contributed by atoms with E-state index in [9.17, 15) is 5.11 Å². The van der Waals surface area contributed by atoms with Crippen molar-refractivity contribution in [3.05, 3.63) is 42.5 Å². The van der Waals surface area contributed by atoms with Crippen molar-refractivity contribution >= 4 is 0 Å². The van der Waals surface area contributed by atoms with Gasteiger partial charge in [-0.25, -0.2) is 0 Å². The van der Waals surface area contributed by atoms with Crippen molar-refractivity contribution in [2.75, 3.05) is 20.2 Å². The average Bonchev–Trinajstić information content (AvgIpc) is 2.29. The standard InChI is InChI=1S/C13H19NO2/c1-3-6-11-7-4-5-8-13(11)16-10-12(15)9-14-2/h3-5,7-8,12,14-15H,1,6,9-10H2,2H3/p+1/t12-/m0/s1. The summed E-state index contributed by atoms with van der Waals surface area (Å²) in [5, 5.41) is 11.5. The predicted octanol–water partition coefficient (Wildman–Crippen LogP) is 0.348. The lowest BCUT2D eigenvalue weighted by Crippen LogP contribution is -2.82. The number of rotatable bonds is 7. The molecule has 0 aliphatic rings. The highest BCUT2D eigenvalue weighted by Gasteiger charge is 2.07. The molecule has 0 spiro atoms. The lowest BCUT2D eigenvalue weighted by molar-refractivity contribution is -0.633. The molecule has 88 valence electrons. The molecule has 0 aromatic heterocycles. The van der Waals surface area contributed by atoms with Crippen LogP contribution in [0.25, 0.3) is 0 Å². The Balaban J connectivity index is 2.55. The molecule has 3 nitrogen and oxygen atoms in total. The lowest BCUT2D eigenvalue weighted by atomic mass is 10.1. The molecule has 0 aliphatic carbocycles. The molecule has 0 fully saturated rings. The zero-order valence-electron chi connectivity index (χ0n) is 9.73. The number of hydrogen-bond donors (Lipinski definition) is 2. The van der Waals surface area contributed by atoms with Crippen LogP contribution in [-0.2, 0) is 6.42 Å². The molecule has 1 atom stereocenters. The fourth-order valence-corrected chi connectivity index (χ4v) is 1.49. The van der Waals surface area contributed by atoms with Crippen LogP contribution in [0.2, 0.25) is 0 Å². The van der Waals surface area contributed by atoms with Crippen LogP contribution in [0.15, 0.2) is 36.9 Å². The second-order valence-electron chi connectivity index (χ2n) is 3.71. The first-order chi connectivity index (χ1) is 7.77. The molecule has 16 heavy (non-hydrogen) atoms. The Hall–Kier alpha value is -1.32. The molecule has 0 heterocycles. The van der Waals surface area contributed by atoms with E-state index in [1.165, 1.54) is 0 Å². The van der Waals surface area contributed by atoms with Crippen LogP contribution in [-0.4, -0.2) is 31.4 Å². The molecule has 0 amide bonds. The van der Waals surface area contributed by atoms with Crippen LogP contribution in [0.1, 0.15) is 5.56 Å². The largest absolute Gasteiger partial charge is 0.490 e. The molecule has 0 aliphatic heterocycles. The van der Waals surface area contributed by atoms with Gasteiger partial charge in [-0.15, -0.1) is 6.58 Å². The Labute approximate surface area is 96.8 Å². The molecule has 1 aromatic carbocycles. The van der Waals surface area contributed by atoms with E-state index in [0.29, 0.717) is 13.2 Å². The maximum Gasteiger partial charge on any atom is 0.137 e. The van der Waals surface area contributed by atoms with Crippen molar-refractivity contribution in [1.82, 2.24) is 0 Å². The SMILES string of the molecule is C=CCc1ccccc1OC[C@@H](O)C[NH2+]C. The molecule has 0 saturated carbocycles. The van der Waals surface area contributed by atoms with Gasteiger partial charge in [0, 0.05) is 0 Å². The summed E-state index contributed by atoms with van der Waals surface area (Å²) in [4.78, 5) is 0. The third-order valence-electron chi connectivity index (χ3n) is 2.28. The van der Waals surface area contributed by atoms with E-state index in [2.05, 4.69) is 6.58 Å². The second-order valence-corrected chi connectivity index (χ2v) is 3.71. The van der Waals surface area contributed by atoms with Gasteiger partial charge in [0.05, 0.1) is 7.05 Å². The van der Waals surface area contributed by atoms with Gasteiger partial charge in [0.15, 0.2) is 0 Å². The average molecular weight is 222 g/mol. The van der Waals surface area contributed by atoms with Crippen molar-refractivity contribution in [3.63, 3.8) is 0 Å². The van der Waals surface area contributed by atoms with Gasteiger partial charge < -0.3 is 15.2 Å². The first-order valence-corrected chi connectivity index (χ1v) is 5.55. The predicted molar refractivity (Wildman–Crippen MR) is 64.6 cm³/mol. The number of ether oxygens (including phenoxy) is 1. The summed E-state index contributed by atoms with van der Waals surface area (Å²) in [7, 11) is 1.93. The van der Waals surface area contributed by atoms with Crippen LogP contribution in [0, 0.1) is 0 Å². The summed E-state index contributed by atoms with van der Waals surface area (Å²) < 4.78 is 5.59. The Kier molecular flexibility index (Phi) is 5.61. The van der Waals surface area contributed by atoms with Gasteiger partial charge in [0.1, 0.15) is 25.0 Å². The highest BCUT2D eigenvalue weighted by atomic mass is 16.5. The number of aliphatic hydroxyl groups excluding tert-OH is 1. The number of benzene rings is 1. The van der Waals surface area contributed by atoms with E-state index >= 15 is 0 Å². The number of aliphatic hydroxyl groups is 1. The maximum absolute atomic E-state index is 9.55. The first-order valence-electron chi connectivity index (χ1n) is 5.55. The highest BCUT2D eigenvalue weighted by molar-refractivity contribution is 5.34. The Morgan fingerprint density at radius 1 is 1.50 bits per heavy atom. The molecule has 1 rings (SSSR count). The summed E-state index contributed by atoms with van der Waals surface area (Å²) in [5.74, 6) is 0.831. The number of nitrogens with two attached hydrogens (primary N) is 1. The third kappa shape index (κ3) is 4.04. The van der Waals surface area contributed by atoms with Gasteiger partial charge in [-0.2, -0.15) is 0 Å². The smallest absolute Gasteiger partial charge is 0.137 e. The number of allylic oxidation sites excluding steroid dienone is 1. The van der Waals surface area contributed by atoms with E-state index < -0.39 is 6.10 Å². The molecular formula is C13H20NO2+. The molecule has 0 bridgehead atoms. The minimum atomic E-state index is -0.429. The summed E-state index contributed by atoms with van der Waals surface area (Å²) in [6.45, 7) is 4.70. The second kappa shape index (κ2) is 7.04. The van der Waals surface area contributed by atoms with Gasteiger partial charge in [-0.3, -0.25) is 0 Å². The Morgan fingerprint density at radius 3 is 2.94 bits per heavy atom. The van der Waals surface area contributed by atoms with Gasteiger partial charge in [0.2, 0.25) is 0 Å². The zero-order valence-corrected chi connectivity index (χ0v) is 9.73. The van der Waals surface area contributed by atoms with Gasteiger partial charge in [-0.05, 0) is 18.1 Å². The van der Waals surface area contributed by atoms with Crippen LogP contribution < -0.4 is 10.1 Å². The molecule has 3 N–H and O–H groups in total. The monoisotopic (exact) mass is 222 g/mol. The van der Waals surface area contributed by atoms with Crippen LogP contribution in [0.5, 0.6) is 5.75 Å². The van der Waals surface area contributed by atoms with Crippen LogP contribution in [0.4, 0.5) is 0 Å². The number of likely N-dealkylation sites (N-methyl/N-ethyl adjacent to an activating group) is 1. The topological polar surface area (TPSA) is 46.1 Å². The molecule has 0 radical (unpaired) electrons. The maximum atomic E-state index is 9.55. The Morgan fingerprint density at radius 2 is 2.25 bits per heavy atom. The van der Waals surface area contributed by atoms with Crippen LogP contribution >= 0.6 is 0 Å². The van der Waals surface area contributed by atoms with E-state index in [1.54, 1.807) is 0 Å². The molecular weight excluding hydrogens is 202 g/mol. The van der Waals surface area contributed by atoms with Gasteiger partial charge in [0.25, 0.3) is 0 Å². The summed E-state index contributed by atoms with van der Waals surface area (Å²) >= 11 is 0. The lowest BCUT2D eigenvalue weighted by Gasteiger charge is -2.12. The molecule has 0 unspecified atom stereocenters. The highest BCUT2D eigenvalue weighted by Crippen LogP contribution is 2.18. The Bertz CT molecular complexity index is 325. The fraction of sp³-hybridized carbons (Fsp3) is 0.385. The first kappa shape index (κ1) is 12.7. The number of quaternary nitrogens is 1. The molecule has 0 saturated heterocycles. The normalized spacial score (nSPS) is 12.1. The van der Waals surface area contributed by atoms with Crippen molar-refractivity contribution in [1.29, 1.82) is 0 Å². The van der Waals surface area contributed by atoms with Crippen molar-refractivity contribution in [2.45, 2.75) is 12.5 Å². The summed E-state index contributed by atoms with van der Waals surface area (Å²) in [6, 6.07) is 7.83. The van der Waals surface area contributed by atoms with Gasteiger partial charge >= 0.3 is 0 Å². The zero-order chi connectivity index (χ0) is 11.8. The minimum Gasteiger partial charge on any atom is -0.490 e. The van der Waals surface area contributed by atoms with E-state index in [-0.39, 0.29) is 0 Å². The fourth-order valence-electron chi connectivity index (χ4n) is 1.49. The van der Waals surface area contributed by atoms with Crippen molar-refractivity contribution in [2.24, 2.45) is 0 Å². The molecule has 3 heteroatoms. The van der Waals surface area contributed by atoms with Gasteiger partial charge in [-0.1, -0.05) is 24.3 Å². The van der Waals surface area contributed by atoms with Crippen molar-refractivity contribution in [3.8, 4) is 5.75 Å². The number of para-hydroxylation sites is 1. The minimum absolute atomic E-state index is 0.332. The molecule has 1 aromatic rings. The summed E-state index contributed by atoms with van der Waals surface area (Å²) in [5.41, 5.74) is 1.10.